The van der Waals surface area contributed by atoms with Crippen LogP contribution in [-0.2, 0) is 5.41 Å². The van der Waals surface area contributed by atoms with Gasteiger partial charge in [-0.05, 0) is 29.2 Å². The number of ether oxygens (including phenoxy) is 1. The molecule has 2 rings (SSSR count). The van der Waals surface area contributed by atoms with E-state index in [0.717, 1.165) is 5.75 Å². The van der Waals surface area contributed by atoms with Crippen molar-refractivity contribution in [2.45, 2.75) is 38.5 Å². The molecule has 120 valence electrons. The van der Waals surface area contributed by atoms with Crippen LogP contribution in [0.3, 0.4) is 0 Å². The summed E-state index contributed by atoms with van der Waals surface area (Å²) < 4.78 is 19.4. The molecule has 0 N–H and O–H groups in total. The summed E-state index contributed by atoms with van der Waals surface area (Å²) in [5.41, 5.74) is 1.78. The molecule has 0 fully saturated rings. The van der Waals surface area contributed by atoms with E-state index >= 15 is 0 Å². The molecule has 0 spiro atoms. The molecule has 1 unspecified atom stereocenters. The number of hydrogen-bond donors (Lipinski definition) is 0. The summed E-state index contributed by atoms with van der Waals surface area (Å²) in [5.74, 6) is -0.0677. The standard InChI is InChI=1S/C20H22FNO/c1-20(2,3)16-8-10-17(11-9-16)23-13-12-15(14-22)18-6-4-5-7-19(18)21/h4-11,15H,12-13H2,1-3H3. The Balaban J connectivity index is 1.94. The van der Waals surface area contributed by atoms with Crippen molar-refractivity contribution in [3.8, 4) is 11.8 Å². The average molecular weight is 311 g/mol. The normalized spacial score (nSPS) is 12.5. The Labute approximate surface area is 137 Å². The van der Waals surface area contributed by atoms with Gasteiger partial charge in [0.05, 0.1) is 18.6 Å². The van der Waals surface area contributed by atoms with E-state index in [9.17, 15) is 9.65 Å². The zero-order valence-corrected chi connectivity index (χ0v) is 13.8. The topological polar surface area (TPSA) is 33.0 Å². The smallest absolute Gasteiger partial charge is 0.127 e. The SMILES string of the molecule is CC(C)(C)c1ccc(OCCC(C#N)c2ccccc2F)cc1. The van der Waals surface area contributed by atoms with E-state index in [2.05, 4.69) is 26.8 Å². The molecule has 0 saturated carbocycles. The van der Waals surface area contributed by atoms with Crippen LogP contribution in [0.5, 0.6) is 5.75 Å². The van der Waals surface area contributed by atoms with Crippen molar-refractivity contribution in [2.24, 2.45) is 0 Å². The Hall–Kier alpha value is -2.34. The predicted octanol–water partition coefficient (Wildman–Crippen LogP) is 5.20. The number of hydrogen-bond acceptors (Lipinski definition) is 2. The number of halogens is 1. The van der Waals surface area contributed by atoms with Crippen LogP contribution < -0.4 is 4.74 Å². The fraction of sp³-hybridized carbons (Fsp3) is 0.350. The van der Waals surface area contributed by atoms with E-state index in [4.69, 9.17) is 4.74 Å². The minimum Gasteiger partial charge on any atom is -0.494 e. The third-order valence-corrected chi connectivity index (χ3v) is 3.83. The summed E-state index contributed by atoms with van der Waals surface area (Å²) in [6, 6.07) is 16.5. The lowest BCUT2D eigenvalue weighted by molar-refractivity contribution is 0.305. The first-order chi connectivity index (χ1) is 10.9. The second-order valence-electron chi connectivity index (χ2n) is 6.61. The molecular formula is C20H22FNO. The third-order valence-electron chi connectivity index (χ3n) is 3.83. The molecule has 2 nitrogen and oxygen atoms in total. The Morgan fingerprint density at radius 3 is 2.30 bits per heavy atom. The molecule has 2 aromatic carbocycles. The summed E-state index contributed by atoms with van der Waals surface area (Å²) in [6.45, 7) is 6.86. The van der Waals surface area contributed by atoms with Crippen molar-refractivity contribution in [2.75, 3.05) is 6.61 Å². The largest absolute Gasteiger partial charge is 0.494 e. The third kappa shape index (κ3) is 4.56. The highest BCUT2D eigenvalue weighted by molar-refractivity contribution is 5.31. The van der Waals surface area contributed by atoms with Gasteiger partial charge in [-0.1, -0.05) is 51.1 Å². The summed E-state index contributed by atoms with van der Waals surface area (Å²) >= 11 is 0. The molecule has 23 heavy (non-hydrogen) atoms. The second-order valence-corrected chi connectivity index (χ2v) is 6.61. The molecule has 0 amide bonds. The van der Waals surface area contributed by atoms with Gasteiger partial charge in [0.2, 0.25) is 0 Å². The van der Waals surface area contributed by atoms with Crippen LogP contribution in [0, 0.1) is 17.1 Å². The first kappa shape index (κ1) is 17.0. The Kier molecular flexibility index (Phi) is 5.39. The highest BCUT2D eigenvalue weighted by Crippen LogP contribution is 2.25. The molecule has 0 aromatic heterocycles. The molecule has 0 aliphatic carbocycles. The van der Waals surface area contributed by atoms with Gasteiger partial charge in [-0.2, -0.15) is 5.26 Å². The molecule has 0 aliphatic heterocycles. The highest BCUT2D eigenvalue weighted by Gasteiger charge is 2.15. The minimum atomic E-state index is -0.495. The van der Waals surface area contributed by atoms with Gasteiger partial charge in [0, 0.05) is 12.0 Å². The molecule has 0 heterocycles. The van der Waals surface area contributed by atoms with Gasteiger partial charge in [0.1, 0.15) is 11.6 Å². The van der Waals surface area contributed by atoms with Gasteiger partial charge in [-0.15, -0.1) is 0 Å². The molecule has 0 saturated heterocycles. The van der Waals surface area contributed by atoms with Crippen LogP contribution >= 0.6 is 0 Å². The number of rotatable bonds is 5. The molecule has 0 radical (unpaired) electrons. The molecule has 0 aliphatic rings. The van der Waals surface area contributed by atoms with Crippen molar-refractivity contribution < 1.29 is 9.13 Å². The fourth-order valence-corrected chi connectivity index (χ4v) is 2.39. The van der Waals surface area contributed by atoms with E-state index in [-0.39, 0.29) is 11.2 Å². The molecule has 0 bridgehead atoms. The van der Waals surface area contributed by atoms with Crippen LogP contribution in [0.4, 0.5) is 4.39 Å². The Bertz CT molecular complexity index is 680. The molecule has 2 aromatic rings. The minimum absolute atomic E-state index is 0.106. The van der Waals surface area contributed by atoms with Gasteiger partial charge in [0.25, 0.3) is 0 Å². The Morgan fingerprint density at radius 1 is 1.09 bits per heavy atom. The quantitative estimate of drug-likeness (QED) is 0.760. The van der Waals surface area contributed by atoms with Crippen molar-refractivity contribution in [1.29, 1.82) is 5.26 Å². The maximum atomic E-state index is 13.7. The summed E-state index contributed by atoms with van der Waals surface area (Å²) in [5, 5.41) is 9.25. The summed E-state index contributed by atoms with van der Waals surface area (Å²) in [6.07, 6.45) is 0.457. The van der Waals surface area contributed by atoms with E-state index in [1.165, 1.54) is 11.6 Å². The Morgan fingerprint density at radius 2 is 1.74 bits per heavy atom. The number of nitrogens with zero attached hydrogens (tertiary/aromatic N) is 1. The van der Waals surface area contributed by atoms with Gasteiger partial charge in [-0.3, -0.25) is 0 Å². The fourth-order valence-electron chi connectivity index (χ4n) is 2.39. The van der Waals surface area contributed by atoms with E-state index in [1.807, 2.05) is 24.3 Å². The zero-order chi connectivity index (χ0) is 16.9. The van der Waals surface area contributed by atoms with Crippen molar-refractivity contribution in [1.82, 2.24) is 0 Å². The summed E-state index contributed by atoms with van der Waals surface area (Å²) in [4.78, 5) is 0. The van der Waals surface area contributed by atoms with Crippen molar-refractivity contribution in [3.63, 3.8) is 0 Å². The van der Waals surface area contributed by atoms with Crippen LogP contribution in [0.1, 0.15) is 44.2 Å². The lowest BCUT2D eigenvalue weighted by atomic mass is 9.87. The van der Waals surface area contributed by atoms with Gasteiger partial charge in [0.15, 0.2) is 0 Å². The first-order valence-electron chi connectivity index (χ1n) is 7.79. The van der Waals surface area contributed by atoms with Crippen LogP contribution in [0.25, 0.3) is 0 Å². The maximum Gasteiger partial charge on any atom is 0.127 e. The highest BCUT2D eigenvalue weighted by atomic mass is 19.1. The van der Waals surface area contributed by atoms with E-state index in [1.54, 1.807) is 18.2 Å². The predicted molar refractivity (Wildman–Crippen MR) is 90.0 cm³/mol. The number of benzene rings is 2. The lowest BCUT2D eigenvalue weighted by Crippen LogP contribution is -2.10. The van der Waals surface area contributed by atoms with Crippen LogP contribution in [-0.4, -0.2) is 6.61 Å². The van der Waals surface area contributed by atoms with Crippen molar-refractivity contribution >= 4 is 0 Å². The molecular weight excluding hydrogens is 289 g/mol. The van der Waals surface area contributed by atoms with E-state index in [0.29, 0.717) is 18.6 Å². The molecule has 1 atom stereocenters. The van der Waals surface area contributed by atoms with Gasteiger partial charge >= 0.3 is 0 Å². The second kappa shape index (κ2) is 7.28. The summed E-state index contributed by atoms with van der Waals surface area (Å²) in [7, 11) is 0. The van der Waals surface area contributed by atoms with Crippen LogP contribution in [0.15, 0.2) is 48.5 Å². The average Bonchev–Trinajstić information content (AvgIpc) is 2.52. The monoisotopic (exact) mass is 311 g/mol. The van der Waals surface area contributed by atoms with Gasteiger partial charge < -0.3 is 4.74 Å². The maximum absolute atomic E-state index is 13.7. The van der Waals surface area contributed by atoms with Gasteiger partial charge in [-0.25, -0.2) is 4.39 Å². The first-order valence-corrected chi connectivity index (χ1v) is 7.79. The zero-order valence-electron chi connectivity index (χ0n) is 13.8. The van der Waals surface area contributed by atoms with Crippen LogP contribution in [0.2, 0.25) is 0 Å². The number of nitriles is 1. The lowest BCUT2D eigenvalue weighted by Gasteiger charge is -2.19. The van der Waals surface area contributed by atoms with Crippen molar-refractivity contribution in [3.05, 3.63) is 65.5 Å². The molecule has 3 heteroatoms. The van der Waals surface area contributed by atoms with E-state index < -0.39 is 5.92 Å².